The predicted molar refractivity (Wildman–Crippen MR) is 111 cm³/mol. The van der Waals surface area contributed by atoms with Gasteiger partial charge in [0.15, 0.2) is 18.1 Å². The highest BCUT2D eigenvalue weighted by molar-refractivity contribution is 5.88. The van der Waals surface area contributed by atoms with Crippen LogP contribution in [0.3, 0.4) is 0 Å². The SMILES string of the molecule is COC(=O)COc1ccc([C@H]2c3c(c4ccccc4oc3=O)O[C@H]2C(=O)OC)cc1OC. The van der Waals surface area contributed by atoms with Crippen molar-refractivity contribution in [3.05, 3.63) is 64.0 Å². The Balaban J connectivity index is 1.83. The van der Waals surface area contributed by atoms with Gasteiger partial charge in [-0.25, -0.2) is 14.4 Å². The van der Waals surface area contributed by atoms with Gasteiger partial charge in [0.2, 0.25) is 6.10 Å². The van der Waals surface area contributed by atoms with Crippen molar-refractivity contribution in [1.29, 1.82) is 0 Å². The van der Waals surface area contributed by atoms with E-state index in [-0.39, 0.29) is 17.9 Å². The fourth-order valence-electron chi connectivity index (χ4n) is 3.71. The first kappa shape index (κ1) is 21.2. The Morgan fingerprint density at radius 3 is 2.50 bits per heavy atom. The normalized spacial score (nSPS) is 16.7. The average Bonchev–Trinajstić information content (AvgIpc) is 3.23. The number of rotatable bonds is 6. The lowest BCUT2D eigenvalue weighted by atomic mass is 9.88. The van der Waals surface area contributed by atoms with Gasteiger partial charge in [-0.3, -0.25) is 0 Å². The van der Waals surface area contributed by atoms with Crippen LogP contribution in [0.5, 0.6) is 17.2 Å². The molecular weight excluding hydrogens is 420 g/mol. The summed E-state index contributed by atoms with van der Waals surface area (Å²) in [4.78, 5) is 36.8. The van der Waals surface area contributed by atoms with Crippen molar-refractivity contribution in [3.8, 4) is 17.2 Å². The molecule has 32 heavy (non-hydrogen) atoms. The number of carbonyl (C=O) groups excluding carboxylic acids is 2. The van der Waals surface area contributed by atoms with Crippen LogP contribution in [-0.2, 0) is 19.1 Å². The number of esters is 2. The van der Waals surface area contributed by atoms with E-state index in [0.717, 1.165) is 0 Å². The van der Waals surface area contributed by atoms with Crippen molar-refractivity contribution in [1.82, 2.24) is 0 Å². The average molecular weight is 440 g/mol. The van der Waals surface area contributed by atoms with Gasteiger partial charge in [0.25, 0.3) is 0 Å². The summed E-state index contributed by atoms with van der Waals surface area (Å²) < 4.78 is 31.8. The lowest BCUT2D eigenvalue weighted by molar-refractivity contribution is -0.148. The molecule has 0 fully saturated rings. The van der Waals surface area contributed by atoms with Gasteiger partial charge in [-0.15, -0.1) is 0 Å². The van der Waals surface area contributed by atoms with Gasteiger partial charge in [0.05, 0.1) is 38.2 Å². The maximum absolute atomic E-state index is 12.9. The van der Waals surface area contributed by atoms with Crippen molar-refractivity contribution in [2.75, 3.05) is 27.9 Å². The van der Waals surface area contributed by atoms with Gasteiger partial charge >= 0.3 is 17.6 Å². The standard InChI is InChI=1S/C23H20O9/c1-27-16-10-12(8-9-15(16)30-11-17(24)28-2)18-19-20(32-21(18)23(26)29-3)13-6-4-5-7-14(13)31-22(19)25/h4-10,18,21H,11H2,1-3H3/t18-,21+/m0/s1. The number of ether oxygens (including phenoxy) is 5. The highest BCUT2D eigenvalue weighted by atomic mass is 16.6. The topological polar surface area (TPSA) is 111 Å². The first-order chi connectivity index (χ1) is 15.5. The molecule has 0 aliphatic carbocycles. The van der Waals surface area contributed by atoms with E-state index in [1.807, 2.05) is 0 Å². The summed E-state index contributed by atoms with van der Waals surface area (Å²) in [7, 11) is 3.94. The van der Waals surface area contributed by atoms with E-state index in [9.17, 15) is 14.4 Å². The lowest BCUT2D eigenvalue weighted by Gasteiger charge is -2.18. The minimum absolute atomic E-state index is 0.212. The molecule has 0 saturated carbocycles. The number of hydrogen-bond donors (Lipinski definition) is 0. The summed E-state index contributed by atoms with van der Waals surface area (Å²) in [5, 5.41) is 0.573. The number of fused-ring (bicyclic) bond motifs is 3. The molecule has 2 heterocycles. The van der Waals surface area contributed by atoms with E-state index in [4.69, 9.17) is 23.4 Å². The van der Waals surface area contributed by atoms with Crippen LogP contribution >= 0.6 is 0 Å². The minimum Gasteiger partial charge on any atom is -0.493 e. The van der Waals surface area contributed by atoms with Crippen molar-refractivity contribution < 1.29 is 37.7 Å². The molecule has 2 aromatic carbocycles. The van der Waals surface area contributed by atoms with Gasteiger partial charge in [0, 0.05) is 0 Å². The van der Waals surface area contributed by atoms with Crippen LogP contribution in [0.1, 0.15) is 17.0 Å². The molecule has 0 saturated heterocycles. The third kappa shape index (κ3) is 3.62. The molecule has 3 aromatic rings. The van der Waals surface area contributed by atoms with E-state index in [0.29, 0.717) is 28.0 Å². The second-order valence-corrected chi connectivity index (χ2v) is 6.94. The van der Waals surface area contributed by atoms with E-state index < -0.39 is 29.6 Å². The third-order valence-corrected chi connectivity index (χ3v) is 5.21. The van der Waals surface area contributed by atoms with Crippen LogP contribution in [0.2, 0.25) is 0 Å². The fourth-order valence-corrected chi connectivity index (χ4v) is 3.71. The molecule has 0 N–H and O–H groups in total. The van der Waals surface area contributed by atoms with Gasteiger partial charge < -0.3 is 28.1 Å². The quantitative estimate of drug-likeness (QED) is 0.421. The number of methoxy groups -OCH3 is 3. The third-order valence-electron chi connectivity index (χ3n) is 5.21. The molecule has 166 valence electrons. The molecule has 1 aliphatic rings. The van der Waals surface area contributed by atoms with Gasteiger partial charge in [-0.05, 0) is 29.8 Å². The first-order valence-corrected chi connectivity index (χ1v) is 9.66. The van der Waals surface area contributed by atoms with Crippen molar-refractivity contribution in [2.45, 2.75) is 12.0 Å². The lowest BCUT2D eigenvalue weighted by Crippen LogP contribution is -2.31. The molecule has 0 unspecified atom stereocenters. The summed E-state index contributed by atoms with van der Waals surface area (Å²) in [6.07, 6.45) is -1.10. The summed E-state index contributed by atoms with van der Waals surface area (Å²) in [5.74, 6) is -1.12. The van der Waals surface area contributed by atoms with Crippen molar-refractivity contribution in [3.63, 3.8) is 0 Å². The second kappa shape index (κ2) is 8.62. The molecular formula is C23H20O9. The van der Waals surface area contributed by atoms with Gasteiger partial charge in [0.1, 0.15) is 11.3 Å². The number of carbonyl (C=O) groups is 2. The van der Waals surface area contributed by atoms with Crippen molar-refractivity contribution in [2.24, 2.45) is 0 Å². The molecule has 1 aromatic heterocycles. The zero-order chi connectivity index (χ0) is 22.8. The Bertz CT molecular complexity index is 1240. The molecule has 0 bridgehead atoms. The molecule has 1 aliphatic heterocycles. The maximum atomic E-state index is 12.9. The van der Waals surface area contributed by atoms with Crippen molar-refractivity contribution >= 4 is 22.9 Å². The van der Waals surface area contributed by atoms with E-state index in [2.05, 4.69) is 4.74 Å². The minimum atomic E-state index is -1.10. The zero-order valence-electron chi connectivity index (χ0n) is 17.6. The molecule has 0 amide bonds. The van der Waals surface area contributed by atoms with E-state index >= 15 is 0 Å². The molecule has 2 atom stereocenters. The Hall–Kier alpha value is -4.01. The highest BCUT2D eigenvalue weighted by Crippen LogP contribution is 2.46. The Kier molecular flexibility index (Phi) is 5.72. The molecule has 0 spiro atoms. The second-order valence-electron chi connectivity index (χ2n) is 6.94. The number of para-hydroxylation sites is 1. The van der Waals surface area contributed by atoms with Crippen LogP contribution in [-0.4, -0.2) is 46.0 Å². The molecule has 4 rings (SSSR count). The van der Waals surface area contributed by atoms with Crippen LogP contribution in [0.15, 0.2) is 51.7 Å². The first-order valence-electron chi connectivity index (χ1n) is 9.66. The number of benzene rings is 2. The Labute approximate surface area is 182 Å². The highest BCUT2D eigenvalue weighted by Gasteiger charge is 2.45. The van der Waals surface area contributed by atoms with Gasteiger partial charge in [-0.1, -0.05) is 18.2 Å². The molecule has 0 radical (unpaired) electrons. The van der Waals surface area contributed by atoms with E-state index in [1.54, 1.807) is 42.5 Å². The van der Waals surface area contributed by atoms with Crippen LogP contribution < -0.4 is 19.8 Å². The summed E-state index contributed by atoms with van der Waals surface area (Å²) >= 11 is 0. The predicted octanol–water partition coefficient (Wildman–Crippen LogP) is 2.42. The molecule has 9 nitrogen and oxygen atoms in total. The van der Waals surface area contributed by atoms with Gasteiger partial charge in [-0.2, -0.15) is 0 Å². The largest absolute Gasteiger partial charge is 0.493 e. The summed E-state index contributed by atoms with van der Waals surface area (Å²) in [6, 6.07) is 11.8. The fraction of sp³-hybridized carbons (Fsp3) is 0.261. The van der Waals surface area contributed by atoms with Crippen LogP contribution in [0.25, 0.3) is 11.0 Å². The summed E-state index contributed by atoms with van der Waals surface area (Å²) in [6.45, 7) is -0.304. The monoisotopic (exact) mass is 440 g/mol. The Morgan fingerprint density at radius 1 is 1.00 bits per heavy atom. The summed E-state index contributed by atoms with van der Waals surface area (Å²) in [5.41, 5.74) is 0.498. The van der Waals surface area contributed by atoms with E-state index in [1.165, 1.54) is 21.3 Å². The Morgan fingerprint density at radius 2 is 1.78 bits per heavy atom. The smallest absolute Gasteiger partial charge is 0.348 e. The van der Waals surface area contributed by atoms with Crippen LogP contribution in [0.4, 0.5) is 0 Å². The maximum Gasteiger partial charge on any atom is 0.348 e. The zero-order valence-corrected chi connectivity index (χ0v) is 17.6. The van der Waals surface area contributed by atoms with Crippen LogP contribution in [0, 0.1) is 0 Å². The molecule has 9 heteroatoms. The number of hydrogen-bond acceptors (Lipinski definition) is 9.